The van der Waals surface area contributed by atoms with Gasteiger partial charge >= 0.3 is 0 Å². The van der Waals surface area contributed by atoms with Gasteiger partial charge in [-0.15, -0.1) is 11.3 Å². The van der Waals surface area contributed by atoms with E-state index in [-0.39, 0.29) is 0 Å². The zero-order valence-corrected chi connectivity index (χ0v) is 14.6. The summed E-state index contributed by atoms with van der Waals surface area (Å²) in [5.74, 6) is 0. The molecular weight excluding hydrogens is 300 g/mol. The van der Waals surface area contributed by atoms with Gasteiger partial charge in [0, 0.05) is 17.3 Å². The number of rotatable bonds is 3. The third-order valence-corrected chi connectivity index (χ3v) is 5.54. The van der Waals surface area contributed by atoms with Crippen LogP contribution in [0.5, 0.6) is 0 Å². The maximum absolute atomic E-state index is 4.84. The average molecular weight is 320 g/mol. The number of aromatic nitrogens is 2. The first-order valence-electron chi connectivity index (χ1n) is 8.09. The van der Waals surface area contributed by atoms with Gasteiger partial charge in [-0.2, -0.15) is 0 Å². The van der Waals surface area contributed by atoms with E-state index in [1.54, 1.807) is 0 Å². The number of fused-ring (bicyclic) bond motifs is 2. The molecule has 0 bridgehead atoms. The molecule has 0 amide bonds. The van der Waals surface area contributed by atoms with Gasteiger partial charge in [0.05, 0.1) is 11.4 Å². The maximum Gasteiger partial charge on any atom is 0.137 e. The van der Waals surface area contributed by atoms with Crippen molar-refractivity contribution in [2.75, 3.05) is 0 Å². The first-order valence-corrected chi connectivity index (χ1v) is 8.97. The fourth-order valence-corrected chi connectivity index (χ4v) is 4.41. The van der Waals surface area contributed by atoms with Crippen molar-refractivity contribution < 1.29 is 0 Å². The van der Waals surface area contributed by atoms with Gasteiger partial charge in [-0.25, -0.2) is 4.98 Å². The van der Waals surface area contributed by atoms with Gasteiger partial charge in [0.1, 0.15) is 5.65 Å². The monoisotopic (exact) mass is 320 g/mol. The molecule has 0 saturated carbocycles. The molecule has 4 aromatic rings. The van der Waals surface area contributed by atoms with Crippen LogP contribution in [0.4, 0.5) is 0 Å². The third kappa shape index (κ3) is 2.36. The average Bonchev–Trinajstić information content (AvgIpc) is 3.10. The van der Waals surface area contributed by atoms with Crippen LogP contribution >= 0.6 is 11.3 Å². The van der Waals surface area contributed by atoms with Crippen LogP contribution in [0, 0.1) is 13.8 Å². The number of hydrogen-bond donors (Lipinski definition) is 0. The molecule has 0 N–H and O–H groups in total. The highest BCUT2D eigenvalue weighted by molar-refractivity contribution is 7.17. The molecule has 23 heavy (non-hydrogen) atoms. The van der Waals surface area contributed by atoms with Crippen LogP contribution in [0.3, 0.4) is 0 Å². The topological polar surface area (TPSA) is 17.3 Å². The largest absolute Gasteiger partial charge is 0.303 e. The van der Waals surface area contributed by atoms with Crippen LogP contribution in [-0.4, -0.2) is 9.38 Å². The summed E-state index contributed by atoms with van der Waals surface area (Å²) < 4.78 is 3.64. The van der Waals surface area contributed by atoms with E-state index in [0.29, 0.717) is 0 Å². The molecule has 0 saturated heterocycles. The van der Waals surface area contributed by atoms with Crippen molar-refractivity contribution in [2.24, 2.45) is 0 Å². The van der Waals surface area contributed by atoms with Gasteiger partial charge in [0.25, 0.3) is 0 Å². The van der Waals surface area contributed by atoms with E-state index in [9.17, 15) is 0 Å². The number of aryl methyl sites for hydroxylation is 3. The van der Waals surface area contributed by atoms with E-state index in [1.165, 1.54) is 38.2 Å². The van der Waals surface area contributed by atoms with E-state index in [4.69, 9.17) is 4.98 Å². The number of hydrogen-bond acceptors (Lipinski definition) is 2. The van der Waals surface area contributed by atoms with Gasteiger partial charge in [0.15, 0.2) is 0 Å². The highest BCUT2D eigenvalue weighted by atomic mass is 32.1. The Kier molecular flexibility index (Phi) is 3.46. The van der Waals surface area contributed by atoms with Crippen LogP contribution in [0.2, 0.25) is 0 Å². The van der Waals surface area contributed by atoms with Gasteiger partial charge in [-0.1, -0.05) is 19.1 Å². The molecule has 0 unspecified atom stereocenters. The third-order valence-electron chi connectivity index (χ3n) is 4.54. The smallest absolute Gasteiger partial charge is 0.137 e. The zero-order valence-electron chi connectivity index (χ0n) is 13.8. The molecule has 3 heterocycles. The standard InChI is InChI=1S/C20H20N2S/c1-4-16-17(22-9-8-13(2)10-19(22)21-16)11-15-12-23-18-7-5-6-14(3)20(15)18/h5-10,12H,4,11H2,1-3H3. The summed E-state index contributed by atoms with van der Waals surface area (Å²) in [6.45, 7) is 6.52. The normalized spacial score (nSPS) is 11.6. The van der Waals surface area contributed by atoms with Crippen molar-refractivity contribution >= 4 is 27.1 Å². The van der Waals surface area contributed by atoms with Crippen molar-refractivity contribution in [3.05, 3.63) is 70.0 Å². The minimum Gasteiger partial charge on any atom is -0.303 e. The molecule has 4 rings (SSSR count). The molecule has 0 aliphatic heterocycles. The highest BCUT2D eigenvalue weighted by Crippen LogP contribution is 2.31. The number of nitrogens with zero attached hydrogens (tertiary/aromatic N) is 2. The van der Waals surface area contributed by atoms with Crippen LogP contribution in [0.15, 0.2) is 41.9 Å². The van der Waals surface area contributed by atoms with E-state index in [0.717, 1.165) is 18.5 Å². The lowest BCUT2D eigenvalue weighted by atomic mass is 10.0. The molecule has 3 aromatic heterocycles. The highest BCUT2D eigenvalue weighted by Gasteiger charge is 2.14. The van der Waals surface area contributed by atoms with Crippen molar-refractivity contribution in [3.63, 3.8) is 0 Å². The number of thiophene rings is 1. The van der Waals surface area contributed by atoms with Crippen LogP contribution in [-0.2, 0) is 12.8 Å². The Labute approximate surface area is 140 Å². The molecule has 0 aliphatic rings. The van der Waals surface area contributed by atoms with Crippen LogP contribution in [0.25, 0.3) is 15.7 Å². The Morgan fingerprint density at radius 1 is 1.17 bits per heavy atom. The van der Waals surface area contributed by atoms with Gasteiger partial charge in [0.2, 0.25) is 0 Å². The number of pyridine rings is 1. The second-order valence-corrected chi connectivity index (χ2v) is 7.09. The van der Waals surface area contributed by atoms with Crippen LogP contribution < -0.4 is 0 Å². The molecule has 116 valence electrons. The first-order chi connectivity index (χ1) is 11.2. The molecule has 0 radical (unpaired) electrons. The summed E-state index contributed by atoms with van der Waals surface area (Å²) in [6, 6.07) is 10.9. The predicted molar refractivity (Wildman–Crippen MR) is 98.7 cm³/mol. The van der Waals surface area contributed by atoms with Gasteiger partial charge in [-0.05, 0) is 65.9 Å². The fraction of sp³-hybridized carbons (Fsp3) is 0.250. The van der Waals surface area contributed by atoms with Gasteiger partial charge in [-0.3, -0.25) is 0 Å². The molecule has 2 nitrogen and oxygen atoms in total. The molecule has 1 aromatic carbocycles. The Morgan fingerprint density at radius 3 is 2.87 bits per heavy atom. The summed E-state index contributed by atoms with van der Waals surface area (Å²) in [4.78, 5) is 4.84. The van der Waals surface area contributed by atoms with E-state index >= 15 is 0 Å². The van der Waals surface area contributed by atoms with E-state index in [2.05, 4.69) is 67.1 Å². The summed E-state index contributed by atoms with van der Waals surface area (Å²) in [5.41, 5.74) is 7.64. The Balaban J connectivity index is 1.89. The summed E-state index contributed by atoms with van der Waals surface area (Å²) in [6.07, 6.45) is 4.07. The first kappa shape index (κ1) is 14.5. The lowest BCUT2D eigenvalue weighted by Gasteiger charge is -2.06. The Morgan fingerprint density at radius 2 is 2.04 bits per heavy atom. The Hall–Kier alpha value is -2.13. The van der Waals surface area contributed by atoms with E-state index < -0.39 is 0 Å². The molecule has 3 heteroatoms. The van der Waals surface area contributed by atoms with Gasteiger partial charge < -0.3 is 4.40 Å². The number of benzene rings is 1. The molecule has 0 fully saturated rings. The van der Waals surface area contributed by atoms with Crippen molar-refractivity contribution in [2.45, 2.75) is 33.6 Å². The lowest BCUT2D eigenvalue weighted by Crippen LogP contribution is -1.98. The maximum atomic E-state index is 4.84. The van der Waals surface area contributed by atoms with Crippen molar-refractivity contribution in [3.8, 4) is 0 Å². The summed E-state index contributed by atoms with van der Waals surface area (Å²) in [5, 5.41) is 3.73. The minimum absolute atomic E-state index is 0.943. The second-order valence-electron chi connectivity index (χ2n) is 6.18. The van der Waals surface area contributed by atoms with Crippen molar-refractivity contribution in [1.82, 2.24) is 9.38 Å². The second kappa shape index (κ2) is 5.50. The lowest BCUT2D eigenvalue weighted by molar-refractivity contribution is 0.969. The summed E-state index contributed by atoms with van der Waals surface area (Å²) >= 11 is 1.84. The van der Waals surface area contributed by atoms with Crippen molar-refractivity contribution in [1.29, 1.82) is 0 Å². The SMILES string of the molecule is CCc1nc2cc(C)ccn2c1Cc1csc2cccc(C)c12. The Bertz CT molecular complexity index is 1010. The molecule has 0 aliphatic carbocycles. The molecule has 0 atom stereocenters. The minimum atomic E-state index is 0.943. The fourth-order valence-electron chi connectivity index (χ4n) is 3.37. The zero-order chi connectivity index (χ0) is 16.0. The predicted octanol–water partition coefficient (Wildman–Crippen LogP) is 5.32. The molecular formula is C20H20N2S. The number of imidazole rings is 1. The quantitative estimate of drug-likeness (QED) is 0.499. The molecule has 0 spiro atoms. The van der Waals surface area contributed by atoms with E-state index in [1.807, 2.05) is 11.3 Å². The summed E-state index contributed by atoms with van der Waals surface area (Å²) in [7, 11) is 0. The van der Waals surface area contributed by atoms with Crippen LogP contribution in [0.1, 0.15) is 35.0 Å².